The van der Waals surface area contributed by atoms with E-state index < -0.39 is 0 Å². The lowest BCUT2D eigenvalue weighted by Crippen LogP contribution is -2.22. The van der Waals surface area contributed by atoms with Gasteiger partial charge in [-0.15, -0.1) is 11.3 Å². The van der Waals surface area contributed by atoms with Crippen LogP contribution in [0.15, 0.2) is 11.7 Å². The molecule has 0 aliphatic heterocycles. The van der Waals surface area contributed by atoms with Crippen LogP contribution in [0.4, 0.5) is 0 Å². The first-order valence-corrected chi connectivity index (χ1v) is 7.53. The van der Waals surface area contributed by atoms with Gasteiger partial charge in [0, 0.05) is 31.2 Å². The fraction of sp³-hybridized carbons (Fsp3) is 0.500. The molecule has 108 valence electrons. The number of rotatable bonds is 7. The summed E-state index contributed by atoms with van der Waals surface area (Å²) >= 11 is 1.56. The third kappa shape index (κ3) is 3.82. The molecule has 2 aromatic rings. The van der Waals surface area contributed by atoms with Gasteiger partial charge in [0.1, 0.15) is 0 Å². The summed E-state index contributed by atoms with van der Waals surface area (Å²) < 4.78 is 5.01. The van der Waals surface area contributed by atoms with Crippen molar-refractivity contribution in [3.63, 3.8) is 0 Å². The van der Waals surface area contributed by atoms with Crippen LogP contribution in [0.5, 0.6) is 0 Å². The van der Waals surface area contributed by atoms with Gasteiger partial charge in [0.2, 0.25) is 0 Å². The molecular weight excluding hydrogens is 272 g/mol. The van der Waals surface area contributed by atoms with Crippen molar-refractivity contribution in [3.8, 4) is 10.7 Å². The smallest absolute Gasteiger partial charge is 0.171 e. The molecule has 5 nitrogen and oxygen atoms in total. The van der Waals surface area contributed by atoms with Gasteiger partial charge >= 0.3 is 0 Å². The molecule has 2 heterocycles. The zero-order valence-corrected chi connectivity index (χ0v) is 13.0. The molecule has 0 fully saturated rings. The van der Waals surface area contributed by atoms with Gasteiger partial charge in [0.25, 0.3) is 0 Å². The number of thiazole rings is 1. The fourth-order valence-electron chi connectivity index (χ4n) is 2.05. The van der Waals surface area contributed by atoms with Crippen LogP contribution in [0.2, 0.25) is 0 Å². The van der Waals surface area contributed by atoms with Crippen molar-refractivity contribution >= 4 is 11.3 Å². The highest BCUT2D eigenvalue weighted by molar-refractivity contribution is 7.13. The van der Waals surface area contributed by atoms with Crippen LogP contribution in [-0.2, 0) is 11.2 Å². The lowest BCUT2D eigenvalue weighted by molar-refractivity contribution is 0.199. The quantitative estimate of drug-likeness (QED) is 0.791. The second kappa shape index (κ2) is 7.42. The maximum atomic E-state index is 5.01. The third-order valence-electron chi connectivity index (χ3n) is 3.11. The summed E-state index contributed by atoms with van der Waals surface area (Å²) in [6.07, 6.45) is 2.75. The zero-order valence-electron chi connectivity index (χ0n) is 12.1. The third-order valence-corrected chi connectivity index (χ3v) is 3.88. The Morgan fingerprint density at radius 3 is 2.55 bits per heavy atom. The highest BCUT2D eigenvalue weighted by Crippen LogP contribution is 2.21. The molecule has 0 aliphatic rings. The van der Waals surface area contributed by atoms with Crippen LogP contribution < -0.4 is 5.32 Å². The Kier molecular flexibility index (Phi) is 5.58. The Hall–Kier alpha value is -1.37. The number of aromatic nitrogens is 3. The predicted molar refractivity (Wildman–Crippen MR) is 81.1 cm³/mol. The predicted octanol–water partition coefficient (Wildman–Crippen LogP) is 2.00. The number of aryl methyl sites for hydroxylation is 2. The van der Waals surface area contributed by atoms with Crippen molar-refractivity contribution in [2.45, 2.75) is 20.3 Å². The van der Waals surface area contributed by atoms with Crippen molar-refractivity contribution in [2.75, 3.05) is 26.8 Å². The molecule has 0 bridgehead atoms. The number of ether oxygens (including phenoxy) is 1. The monoisotopic (exact) mass is 292 g/mol. The summed E-state index contributed by atoms with van der Waals surface area (Å²) in [4.78, 5) is 14.3. The number of nitrogens with one attached hydrogen (secondary N) is 1. The van der Waals surface area contributed by atoms with Gasteiger partial charge in [0.05, 0.1) is 17.0 Å². The van der Waals surface area contributed by atoms with Crippen LogP contribution in [0.25, 0.3) is 10.7 Å². The van der Waals surface area contributed by atoms with E-state index in [9.17, 15) is 0 Å². The van der Waals surface area contributed by atoms with Gasteiger partial charge in [-0.1, -0.05) is 0 Å². The molecule has 0 aliphatic carbocycles. The zero-order chi connectivity index (χ0) is 14.4. The van der Waals surface area contributed by atoms with Gasteiger partial charge in [-0.2, -0.15) is 0 Å². The number of nitrogens with zero attached hydrogens (tertiary/aromatic N) is 3. The molecule has 0 spiro atoms. The van der Waals surface area contributed by atoms with Gasteiger partial charge in [-0.25, -0.2) is 9.97 Å². The standard InChI is InChI=1S/C14H20N4OS/c1-10-12(4-5-15-6-7-19-3)11(2)18-14(17-10)13-8-16-9-20-13/h8-9,15H,4-7H2,1-3H3. The van der Waals surface area contributed by atoms with Gasteiger partial charge in [0.15, 0.2) is 5.82 Å². The second-order valence-corrected chi connectivity index (χ2v) is 5.44. The second-order valence-electron chi connectivity index (χ2n) is 4.56. The molecule has 0 amide bonds. The minimum atomic E-state index is 0.735. The van der Waals surface area contributed by atoms with Crippen LogP contribution in [-0.4, -0.2) is 41.8 Å². The molecule has 2 rings (SSSR count). The maximum Gasteiger partial charge on any atom is 0.171 e. The molecule has 0 saturated heterocycles. The highest BCUT2D eigenvalue weighted by Gasteiger charge is 2.10. The summed E-state index contributed by atoms with van der Waals surface area (Å²) in [6.45, 7) is 6.61. The lowest BCUT2D eigenvalue weighted by atomic mass is 10.1. The Morgan fingerprint density at radius 2 is 1.95 bits per heavy atom. The van der Waals surface area contributed by atoms with Gasteiger partial charge in [-0.05, 0) is 32.4 Å². The van der Waals surface area contributed by atoms with Gasteiger partial charge in [-0.3, -0.25) is 4.98 Å². The summed E-state index contributed by atoms with van der Waals surface area (Å²) in [7, 11) is 1.71. The molecular formula is C14H20N4OS. The van der Waals surface area contributed by atoms with Crippen molar-refractivity contribution in [3.05, 3.63) is 28.7 Å². The minimum Gasteiger partial charge on any atom is -0.383 e. The highest BCUT2D eigenvalue weighted by atomic mass is 32.1. The summed E-state index contributed by atoms with van der Waals surface area (Å²) in [6, 6.07) is 0. The van der Waals surface area contributed by atoms with E-state index >= 15 is 0 Å². The minimum absolute atomic E-state index is 0.735. The molecule has 2 aromatic heterocycles. The van der Waals surface area contributed by atoms with Crippen molar-refractivity contribution in [1.82, 2.24) is 20.3 Å². The summed E-state index contributed by atoms with van der Waals surface area (Å²) in [5, 5.41) is 3.34. The largest absolute Gasteiger partial charge is 0.383 e. The van der Waals surface area contributed by atoms with Crippen molar-refractivity contribution < 1.29 is 4.74 Å². The van der Waals surface area contributed by atoms with Crippen molar-refractivity contribution in [1.29, 1.82) is 0 Å². The lowest BCUT2D eigenvalue weighted by Gasteiger charge is -2.10. The van der Waals surface area contributed by atoms with E-state index in [4.69, 9.17) is 4.74 Å². The van der Waals surface area contributed by atoms with E-state index in [1.807, 2.05) is 20.0 Å². The Labute approximate surface area is 123 Å². The normalized spacial score (nSPS) is 10.9. The SMILES string of the molecule is COCCNCCc1c(C)nc(-c2cncs2)nc1C. The number of hydrogen-bond donors (Lipinski definition) is 1. The van der Waals surface area contributed by atoms with E-state index in [-0.39, 0.29) is 0 Å². The first-order chi connectivity index (χ1) is 9.72. The van der Waals surface area contributed by atoms with E-state index in [2.05, 4.69) is 20.3 Å². The molecule has 1 N–H and O–H groups in total. The average molecular weight is 292 g/mol. The van der Waals surface area contributed by atoms with E-state index in [0.717, 1.165) is 48.2 Å². The number of methoxy groups -OCH3 is 1. The van der Waals surface area contributed by atoms with Gasteiger partial charge < -0.3 is 10.1 Å². The van der Waals surface area contributed by atoms with E-state index in [1.54, 1.807) is 24.0 Å². The average Bonchev–Trinajstić information content (AvgIpc) is 2.95. The van der Waals surface area contributed by atoms with Crippen LogP contribution in [0.3, 0.4) is 0 Å². The van der Waals surface area contributed by atoms with Crippen LogP contribution in [0, 0.1) is 13.8 Å². The molecule has 0 atom stereocenters. The topological polar surface area (TPSA) is 59.9 Å². The Morgan fingerprint density at radius 1 is 1.20 bits per heavy atom. The van der Waals surface area contributed by atoms with E-state index in [1.165, 1.54) is 5.56 Å². The fourth-order valence-corrected chi connectivity index (χ4v) is 2.60. The summed E-state index contributed by atoms with van der Waals surface area (Å²) in [5.74, 6) is 0.776. The molecule has 20 heavy (non-hydrogen) atoms. The molecule has 0 radical (unpaired) electrons. The summed E-state index contributed by atoms with van der Waals surface area (Å²) in [5.41, 5.74) is 5.13. The van der Waals surface area contributed by atoms with Crippen molar-refractivity contribution in [2.24, 2.45) is 0 Å². The number of hydrogen-bond acceptors (Lipinski definition) is 6. The maximum absolute atomic E-state index is 5.01. The first-order valence-electron chi connectivity index (χ1n) is 6.65. The Bertz CT molecular complexity index is 519. The molecule has 6 heteroatoms. The molecule has 0 aromatic carbocycles. The molecule has 0 unspecified atom stereocenters. The van der Waals surface area contributed by atoms with Crippen LogP contribution in [0.1, 0.15) is 17.0 Å². The molecule has 0 saturated carbocycles. The van der Waals surface area contributed by atoms with E-state index in [0.29, 0.717) is 0 Å². The Balaban J connectivity index is 2.03. The first kappa shape index (κ1) is 15.0. The van der Waals surface area contributed by atoms with Crippen LogP contribution >= 0.6 is 11.3 Å².